The summed E-state index contributed by atoms with van der Waals surface area (Å²) in [6.07, 6.45) is 3.95. The average Bonchev–Trinajstić information content (AvgIpc) is 2.25. The molecule has 1 aromatic carbocycles. The van der Waals surface area contributed by atoms with Crippen LogP contribution in [-0.2, 0) is 6.42 Å². The van der Waals surface area contributed by atoms with Crippen molar-refractivity contribution in [1.82, 2.24) is 5.32 Å². The van der Waals surface area contributed by atoms with Gasteiger partial charge in [0.15, 0.2) is 0 Å². The molecule has 2 unspecified atom stereocenters. The van der Waals surface area contributed by atoms with Crippen molar-refractivity contribution in [3.63, 3.8) is 0 Å². The molecule has 2 heteroatoms. The molecule has 2 atom stereocenters. The molecular weight excluding hydrogens is 242 g/mol. The Morgan fingerprint density at radius 2 is 1.72 bits per heavy atom. The number of hydrogen-bond donors (Lipinski definition) is 1. The Hall–Kier alpha value is -0.530. The Balaban J connectivity index is 1.82. The van der Waals surface area contributed by atoms with E-state index in [1.54, 1.807) is 0 Å². The van der Waals surface area contributed by atoms with Gasteiger partial charge in [0.1, 0.15) is 0 Å². The highest BCUT2D eigenvalue weighted by molar-refractivity contribution is 6.30. The largest absolute Gasteiger partial charge is 0.312 e. The molecule has 0 spiro atoms. The molecule has 0 aliphatic heterocycles. The second-order valence-corrected chi connectivity index (χ2v) is 7.00. The van der Waals surface area contributed by atoms with Gasteiger partial charge in [-0.15, -0.1) is 0 Å². The maximum Gasteiger partial charge on any atom is 0.0406 e. The van der Waals surface area contributed by atoms with Crippen molar-refractivity contribution < 1.29 is 0 Å². The molecule has 1 aliphatic carbocycles. The summed E-state index contributed by atoms with van der Waals surface area (Å²) < 4.78 is 0. The molecule has 0 amide bonds. The molecule has 1 saturated carbocycles. The zero-order valence-corrected chi connectivity index (χ0v) is 12.4. The van der Waals surface area contributed by atoms with Crippen LogP contribution in [0.2, 0.25) is 5.02 Å². The molecule has 100 valence electrons. The van der Waals surface area contributed by atoms with Crippen molar-refractivity contribution in [2.45, 2.75) is 45.6 Å². The van der Waals surface area contributed by atoms with E-state index in [9.17, 15) is 0 Å². The molecule has 0 radical (unpaired) electrons. The Labute approximate surface area is 116 Å². The molecule has 1 nitrogen and oxygen atoms in total. The molecule has 0 heterocycles. The van der Waals surface area contributed by atoms with E-state index < -0.39 is 0 Å². The van der Waals surface area contributed by atoms with Crippen molar-refractivity contribution in [2.75, 3.05) is 6.54 Å². The smallest absolute Gasteiger partial charge is 0.0406 e. The van der Waals surface area contributed by atoms with E-state index >= 15 is 0 Å². The van der Waals surface area contributed by atoms with Crippen molar-refractivity contribution in [2.24, 2.45) is 11.8 Å². The number of rotatable bonds is 4. The van der Waals surface area contributed by atoms with Crippen LogP contribution in [0.1, 0.15) is 39.2 Å². The molecule has 1 N–H and O–H groups in total. The molecule has 0 bridgehead atoms. The molecule has 0 aromatic heterocycles. The summed E-state index contributed by atoms with van der Waals surface area (Å²) >= 11 is 5.91. The Morgan fingerprint density at radius 1 is 1.11 bits per heavy atom. The maximum atomic E-state index is 5.91. The van der Waals surface area contributed by atoms with Gasteiger partial charge < -0.3 is 5.32 Å². The summed E-state index contributed by atoms with van der Waals surface area (Å²) in [6.45, 7) is 7.86. The third kappa shape index (κ3) is 4.00. The number of hydrogen-bond acceptors (Lipinski definition) is 1. The first-order chi connectivity index (χ1) is 8.44. The van der Waals surface area contributed by atoms with Gasteiger partial charge in [-0.1, -0.05) is 23.7 Å². The summed E-state index contributed by atoms with van der Waals surface area (Å²) in [5, 5.41) is 4.46. The predicted octanol–water partition coefficient (Wildman–Crippen LogP) is 4.30. The second-order valence-electron chi connectivity index (χ2n) is 6.56. The maximum absolute atomic E-state index is 5.91. The van der Waals surface area contributed by atoms with Gasteiger partial charge in [0, 0.05) is 10.6 Å². The first-order valence-corrected chi connectivity index (χ1v) is 7.31. The van der Waals surface area contributed by atoms with Gasteiger partial charge in [-0.05, 0) is 76.1 Å². The summed E-state index contributed by atoms with van der Waals surface area (Å²) in [6, 6.07) is 8.32. The Morgan fingerprint density at radius 3 is 2.22 bits per heavy atom. The van der Waals surface area contributed by atoms with Gasteiger partial charge >= 0.3 is 0 Å². The van der Waals surface area contributed by atoms with Crippen LogP contribution in [0, 0.1) is 11.8 Å². The molecule has 18 heavy (non-hydrogen) atoms. The third-order valence-corrected chi connectivity index (χ3v) is 4.13. The quantitative estimate of drug-likeness (QED) is 0.856. The minimum atomic E-state index is 0.237. The SMILES string of the molecule is CC(C)(C)NCC1CCC1Cc1ccc(Cl)cc1. The molecule has 0 saturated heterocycles. The fraction of sp³-hybridized carbons (Fsp3) is 0.625. The summed E-state index contributed by atoms with van der Waals surface area (Å²) in [7, 11) is 0. The first-order valence-electron chi connectivity index (χ1n) is 6.93. The van der Waals surface area contributed by atoms with Crippen LogP contribution in [0.25, 0.3) is 0 Å². The van der Waals surface area contributed by atoms with Crippen molar-refractivity contribution in [1.29, 1.82) is 0 Å². The standard InChI is InChI=1S/C16H24ClN/c1-16(2,3)18-11-14-7-6-13(14)10-12-4-8-15(17)9-5-12/h4-5,8-9,13-14,18H,6-7,10-11H2,1-3H3. The van der Waals surface area contributed by atoms with Gasteiger partial charge in [-0.25, -0.2) is 0 Å². The zero-order valence-electron chi connectivity index (χ0n) is 11.7. The lowest BCUT2D eigenvalue weighted by molar-refractivity contribution is 0.159. The van der Waals surface area contributed by atoms with Crippen LogP contribution in [0.5, 0.6) is 0 Å². The van der Waals surface area contributed by atoms with E-state index in [1.165, 1.54) is 24.8 Å². The van der Waals surface area contributed by atoms with E-state index in [0.717, 1.165) is 23.4 Å². The topological polar surface area (TPSA) is 12.0 Å². The van der Waals surface area contributed by atoms with E-state index in [2.05, 4.69) is 38.2 Å². The van der Waals surface area contributed by atoms with Gasteiger partial charge in [-0.2, -0.15) is 0 Å². The number of nitrogens with one attached hydrogen (secondary N) is 1. The van der Waals surface area contributed by atoms with Crippen molar-refractivity contribution in [3.05, 3.63) is 34.9 Å². The molecular formula is C16H24ClN. The minimum absolute atomic E-state index is 0.237. The van der Waals surface area contributed by atoms with Crippen LogP contribution >= 0.6 is 11.6 Å². The lowest BCUT2D eigenvalue weighted by Gasteiger charge is -2.39. The number of benzene rings is 1. The molecule has 1 aromatic rings. The summed E-state index contributed by atoms with van der Waals surface area (Å²) in [4.78, 5) is 0. The van der Waals surface area contributed by atoms with E-state index in [1.807, 2.05) is 12.1 Å². The highest BCUT2D eigenvalue weighted by Crippen LogP contribution is 2.36. The Bertz CT molecular complexity index is 377. The first kappa shape index (κ1) is 13.9. The summed E-state index contributed by atoms with van der Waals surface area (Å²) in [5.41, 5.74) is 1.66. The minimum Gasteiger partial charge on any atom is -0.312 e. The zero-order chi connectivity index (χ0) is 13.2. The van der Waals surface area contributed by atoms with Crippen molar-refractivity contribution in [3.8, 4) is 0 Å². The normalized spacial score (nSPS) is 23.8. The fourth-order valence-corrected chi connectivity index (χ4v) is 2.66. The van der Waals surface area contributed by atoms with Gasteiger partial charge in [-0.3, -0.25) is 0 Å². The summed E-state index contributed by atoms with van der Waals surface area (Å²) in [5.74, 6) is 1.70. The highest BCUT2D eigenvalue weighted by Gasteiger charge is 2.31. The van der Waals surface area contributed by atoms with Crippen molar-refractivity contribution >= 4 is 11.6 Å². The van der Waals surface area contributed by atoms with E-state index in [0.29, 0.717) is 0 Å². The molecule has 2 rings (SSSR count). The lowest BCUT2D eigenvalue weighted by atomic mass is 9.70. The second kappa shape index (κ2) is 5.63. The van der Waals surface area contributed by atoms with Crippen LogP contribution in [0.3, 0.4) is 0 Å². The van der Waals surface area contributed by atoms with Crippen LogP contribution in [0.15, 0.2) is 24.3 Å². The monoisotopic (exact) mass is 265 g/mol. The fourth-order valence-electron chi connectivity index (χ4n) is 2.54. The van der Waals surface area contributed by atoms with E-state index in [-0.39, 0.29) is 5.54 Å². The predicted molar refractivity (Wildman–Crippen MR) is 79.1 cm³/mol. The molecule has 1 fully saturated rings. The van der Waals surface area contributed by atoms with Crippen LogP contribution in [0.4, 0.5) is 0 Å². The third-order valence-electron chi connectivity index (χ3n) is 3.88. The Kier molecular flexibility index (Phi) is 4.34. The molecule has 1 aliphatic rings. The van der Waals surface area contributed by atoms with Crippen LogP contribution in [-0.4, -0.2) is 12.1 Å². The van der Waals surface area contributed by atoms with E-state index in [4.69, 9.17) is 11.6 Å². The van der Waals surface area contributed by atoms with Crippen LogP contribution < -0.4 is 5.32 Å². The average molecular weight is 266 g/mol. The number of halogens is 1. The highest BCUT2D eigenvalue weighted by atomic mass is 35.5. The lowest BCUT2D eigenvalue weighted by Crippen LogP contribution is -2.44. The van der Waals surface area contributed by atoms with Gasteiger partial charge in [0.05, 0.1) is 0 Å². The van der Waals surface area contributed by atoms with Gasteiger partial charge in [0.2, 0.25) is 0 Å². The van der Waals surface area contributed by atoms with Gasteiger partial charge in [0.25, 0.3) is 0 Å².